The van der Waals surface area contributed by atoms with Crippen molar-refractivity contribution in [1.29, 1.82) is 0 Å². The van der Waals surface area contributed by atoms with E-state index >= 15 is 0 Å². The lowest BCUT2D eigenvalue weighted by molar-refractivity contribution is -0.134. The van der Waals surface area contributed by atoms with Crippen LogP contribution in [0.4, 0.5) is 0 Å². The molecule has 1 saturated heterocycles. The maximum atomic E-state index is 12.3. The van der Waals surface area contributed by atoms with Gasteiger partial charge in [0.25, 0.3) is 0 Å². The molecule has 1 atom stereocenters. The van der Waals surface area contributed by atoms with Crippen LogP contribution in [0.15, 0.2) is 35.5 Å². The standard InChI is InChI=1S/C18H24N6O2S/c1-13-21-18(23-22-13)27-10-8-19-16(25)11-15-17(26)20-7-9-24(15)12-14-5-3-2-4-6-14/h2-6,15H,7-12H2,1H3,(H,19,25)(H,20,26)(H,21,22,23)/t15-/m0/s1. The maximum Gasteiger partial charge on any atom is 0.237 e. The monoisotopic (exact) mass is 388 g/mol. The summed E-state index contributed by atoms with van der Waals surface area (Å²) in [5, 5.41) is 13.2. The third-order valence-electron chi connectivity index (χ3n) is 4.28. The SMILES string of the molecule is Cc1nc(SCCNC(=O)C[C@H]2C(=O)NCCN2Cc2ccccc2)n[nH]1. The van der Waals surface area contributed by atoms with E-state index in [1.54, 1.807) is 0 Å². The van der Waals surface area contributed by atoms with Gasteiger partial charge in [-0.25, -0.2) is 4.98 Å². The number of aromatic nitrogens is 3. The second-order valence-electron chi connectivity index (χ2n) is 6.37. The number of piperazine rings is 1. The summed E-state index contributed by atoms with van der Waals surface area (Å²) in [7, 11) is 0. The van der Waals surface area contributed by atoms with Crippen LogP contribution < -0.4 is 10.6 Å². The fraction of sp³-hybridized carbons (Fsp3) is 0.444. The summed E-state index contributed by atoms with van der Waals surface area (Å²) in [6, 6.07) is 9.55. The molecule has 144 valence electrons. The van der Waals surface area contributed by atoms with Gasteiger partial charge in [0.1, 0.15) is 5.82 Å². The molecule has 1 fully saturated rings. The van der Waals surface area contributed by atoms with Crippen molar-refractivity contribution in [2.45, 2.75) is 31.1 Å². The molecule has 1 aliphatic rings. The van der Waals surface area contributed by atoms with Crippen molar-refractivity contribution in [3.05, 3.63) is 41.7 Å². The molecule has 1 aromatic carbocycles. The summed E-state index contributed by atoms with van der Waals surface area (Å²) in [4.78, 5) is 30.9. The van der Waals surface area contributed by atoms with Gasteiger partial charge in [-0.15, -0.1) is 5.10 Å². The van der Waals surface area contributed by atoms with Crippen molar-refractivity contribution in [3.63, 3.8) is 0 Å². The molecule has 0 aliphatic carbocycles. The van der Waals surface area contributed by atoms with E-state index in [1.807, 2.05) is 37.3 Å². The van der Waals surface area contributed by atoms with Crippen molar-refractivity contribution in [1.82, 2.24) is 30.7 Å². The quantitative estimate of drug-likeness (QED) is 0.455. The minimum atomic E-state index is -0.442. The number of aryl methyl sites for hydroxylation is 1. The smallest absolute Gasteiger partial charge is 0.237 e. The summed E-state index contributed by atoms with van der Waals surface area (Å²) in [5.74, 6) is 1.23. The molecular formula is C18H24N6O2S. The zero-order valence-corrected chi connectivity index (χ0v) is 16.1. The molecule has 0 saturated carbocycles. The Morgan fingerprint density at radius 1 is 1.37 bits per heavy atom. The van der Waals surface area contributed by atoms with E-state index in [0.717, 1.165) is 17.9 Å². The zero-order valence-electron chi connectivity index (χ0n) is 15.3. The molecule has 27 heavy (non-hydrogen) atoms. The van der Waals surface area contributed by atoms with E-state index in [9.17, 15) is 9.59 Å². The van der Waals surface area contributed by atoms with Gasteiger partial charge in [0, 0.05) is 31.9 Å². The van der Waals surface area contributed by atoms with E-state index in [-0.39, 0.29) is 18.2 Å². The van der Waals surface area contributed by atoms with E-state index in [1.165, 1.54) is 11.8 Å². The fourth-order valence-corrected chi connectivity index (χ4v) is 3.66. The minimum Gasteiger partial charge on any atom is -0.355 e. The van der Waals surface area contributed by atoms with Gasteiger partial charge >= 0.3 is 0 Å². The number of amides is 2. The summed E-state index contributed by atoms with van der Waals surface area (Å²) < 4.78 is 0. The average molecular weight is 388 g/mol. The number of hydrogen-bond acceptors (Lipinski definition) is 6. The molecule has 3 rings (SSSR count). The second kappa shape index (κ2) is 9.52. The first kappa shape index (κ1) is 19.4. The zero-order chi connectivity index (χ0) is 19.1. The number of nitrogens with one attached hydrogen (secondary N) is 3. The first-order valence-electron chi connectivity index (χ1n) is 8.96. The number of thioether (sulfide) groups is 1. The van der Waals surface area contributed by atoms with E-state index in [4.69, 9.17) is 0 Å². The van der Waals surface area contributed by atoms with Crippen LogP contribution in [0, 0.1) is 6.92 Å². The van der Waals surface area contributed by atoms with Gasteiger partial charge in [0.15, 0.2) is 0 Å². The number of nitrogens with zero attached hydrogens (tertiary/aromatic N) is 3. The van der Waals surface area contributed by atoms with Crippen LogP contribution in [0.25, 0.3) is 0 Å². The van der Waals surface area contributed by atoms with Crippen LogP contribution >= 0.6 is 11.8 Å². The van der Waals surface area contributed by atoms with Crippen molar-refractivity contribution >= 4 is 23.6 Å². The van der Waals surface area contributed by atoms with E-state index < -0.39 is 6.04 Å². The third-order valence-corrected chi connectivity index (χ3v) is 5.13. The van der Waals surface area contributed by atoms with Crippen LogP contribution in [0.1, 0.15) is 17.8 Å². The Morgan fingerprint density at radius 2 is 2.19 bits per heavy atom. The first-order valence-corrected chi connectivity index (χ1v) is 9.94. The molecule has 2 aromatic rings. The molecule has 8 nitrogen and oxygen atoms in total. The van der Waals surface area contributed by atoms with Gasteiger partial charge in [0.2, 0.25) is 17.0 Å². The second-order valence-corrected chi connectivity index (χ2v) is 7.43. The predicted molar refractivity (Wildman–Crippen MR) is 103 cm³/mol. The summed E-state index contributed by atoms with van der Waals surface area (Å²) in [5.41, 5.74) is 1.14. The highest BCUT2D eigenvalue weighted by atomic mass is 32.2. The third kappa shape index (κ3) is 5.80. The molecule has 0 radical (unpaired) electrons. The van der Waals surface area contributed by atoms with Crippen molar-refractivity contribution in [3.8, 4) is 0 Å². The Kier molecular flexibility index (Phi) is 6.83. The lowest BCUT2D eigenvalue weighted by Gasteiger charge is -2.34. The van der Waals surface area contributed by atoms with Crippen LogP contribution in [0.5, 0.6) is 0 Å². The van der Waals surface area contributed by atoms with Gasteiger partial charge in [0.05, 0.1) is 12.5 Å². The van der Waals surface area contributed by atoms with Crippen LogP contribution in [-0.2, 0) is 16.1 Å². The van der Waals surface area contributed by atoms with E-state index in [2.05, 4.69) is 30.7 Å². The molecule has 0 unspecified atom stereocenters. The Labute approximate surface area is 162 Å². The highest BCUT2D eigenvalue weighted by molar-refractivity contribution is 7.99. The van der Waals surface area contributed by atoms with Crippen LogP contribution in [0.3, 0.4) is 0 Å². The average Bonchev–Trinajstić information content (AvgIpc) is 3.08. The van der Waals surface area contributed by atoms with Gasteiger partial charge in [-0.05, 0) is 12.5 Å². The van der Waals surface area contributed by atoms with Gasteiger partial charge in [-0.3, -0.25) is 19.6 Å². The first-order chi connectivity index (χ1) is 13.1. The topological polar surface area (TPSA) is 103 Å². The summed E-state index contributed by atoms with van der Waals surface area (Å²) in [6.07, 6.45) is 0.156. The normalized spacial score (nSPS) is 17.5. The number of carbonyl (C=O) groups excluding carboxylic acids is 2. The number of carbonyl (C=O) groups is 2. The number of aromatic amines is 1. The maximum absolute atomic E-state index is 12.3. The molecule has 1 aromatic heterocycles. The largest absolute Gasteiger partial charge is 0.355 e. The van der Waals surface area contributed by atoms with Crippen LogP contribution in [0.2, 0.25) is 0 Å². The molecule has 9 heteroatoms. The summed E-state index contributed by atoms with van der Waals surface area (Å²) in [6.45, 7) is 4.35. The van der Waals surface area contributed by atoms with E-state index in [0.29, 0.717) is 30.5 Å². The van der Waals surface area contributed by atoms with Gasteiger partial charge in [-0.1, -0.05) is 42.1 Å². The van der Waals surface area contributed by atoms with Crippen LogP contribution in [-0.4, -0.2) is 63.3 Å². The predicted octanol–water partition coefficient (Wildman–Crippen LogP) is 0.712. The molecule has 2 heterocycles. The number of benzene rings is 1. The molecule has 0 spiro atoms. The number of hydrogen-bond donors (Lipinski definition) is 3. The molecule has 3 N–H and O–H groups in total. The highest BCUT2D eigenvalue weighted by Crippen LogP contribution is 2.14. The van der Waals surface area contributed by atoms with Crippen molar-refractivity contribution in [2.24, 2.45) is 0 Å². The Morgan fingerprint density at radius 3 is 2.93 bits per heavy atom. The Balaban J connectivity index is 1.47. The molecule has 2 amide bonds. The minimum absolute atomic E-state index is 0.0853. The summed E-state index contributed by atoms with van der Waals surface area (Å²) >= 11 is 1.47. The lowest BCUT2D eigenvalue weighted by atomic mass is 10.1. The van der Waals surface area contributed by atoms with Crippen molar-refractivity contribution in [2.75, 3.05) is 25.4 Å². The van der Waals surface area contributed by atoms with Gasteiger partial charge in [-0.2, -0.15) is 0 Å². The number of rotatable bonds is 8. The number of H-pyrrole nitrogens is 1. The Bertz CT molecular complexity index is 766. The van der Waals surface area contributed by atoms with Crippen molar-refractivity contribution < 1.29 is 9.59 Å². The lowest BCUT2D eigenvalue weighted by Crippen LogP contribution is -2.56. The fourth-order valence-electron chi connectivity index (χ4n) is 2.96. The molecule has 1 aliphatic heterocycles. The molecule has 0 bridgehead atoms. The molecular weight excluding hydrogens is 364 g/mol. The van der Waals surface area contributed by atoms with Gasteiger partial charge < -0.3 is 10.6 Å². The highest BCUT2D eigenvalue weighted by Gasteiger charge is 2.31. The Hall–Kier alpha value is -2.39.